The van der Waals surface area contributed by atoms with Crippen LogP contribution in [-0.2, 0) is 15.8 Å². The number of nitrogens with two attached hydrogens (primary N) is 1. The lowest BCUT2D eigenvalue weighted by molar-refractivity contribution is 0.458. The third kappa shape index (κ3) is 4.89. The third-order valence-electron chi connectivity index (χ3n) is 2.86. The Labute approximate surface area is 120 Å². The van der Waals surface area contributed by atoms with E-state index >= 15 is 0 Å². The predicted molar refractivity (Wildman–Crippen MR) is 82.5 cm³/mol. The van der Waals surface area contributed by atoms with E-state index in [0.29, 0.717) is 17.7 Å². The van der Waals surface area contributed by atoms with Gasteiger partial charge in [-0.25, -0.2) is 12.7 Å². The zero-order valence-electron chi connectivity index (χ0n) is 11.3. The molecule has 0 amide bonds. The van der Waals surface area contributed by atoms with Crippen molar-refractivity contribution in [2.45, 2.75) is 25.5 Å². The summed E-state index contributed by atoms with van der Waals surface area (Å²) in [5.41, 5.74) is 6.94. The van der Waals surface area contributed by atoms with E-state index in [4.69, 9.17) is 18.0 Å². The molecule has 0 radical (unpaired) electrons. The number of hydrogen-bond donors (Lipinski definition) is 1. The monoisotopic (exact) mass is 300 g/mol. The highest BCUT2D eigenvalue weighted by Gasteiger charge is 2.18. The standard InChI is InChI=1S/C13H20N2O2S2/c1-3-4-8-15(2)19(16,17)10-11-6-5-7-12(9-11)13(14)18/h5-7,9H,3-4,8,10H2,1-2H3,(H2,14,18). The molecule has 106 valence electrons. The SMILES string of the molecule is CCCCN(C)S(=O)(=O)Cc1cccc(C(N)=S)c1. The predicted octanol–water partition coefficient (Wildman–Crippen LogP) is 1.88. The van der Waals surface area contributed by atoms with Gasteiger partial charge in [-0.05, 0) is 18.1 Å². The minimum absolute atomic E-state index is 0.0241. The molecule has 6 heteroatoms. The van der Waals surface area contributed by atoms with Gasteiger partial charge in [0.15, 0.2) is 0 Å². The zero-order valence-corrected chi connectivity index (χ0v) is 12.9. The molecule has 0 aliphatic rings. The van der Waals surface area contributed by atoms with Crippen LogP contribution in [0.2, 0.25) is 0 Å². The van der Waals surface area contributed by atoms with Crippen LogP contribution in [0.4, 0.5) is 0 Å². The average Bonchev–Trinajstić information content (AvgIpc) is 2.35. The Bertz CT molecular complexity index is 541. The Morgan fingerprint density at radius 1 is 1.42 bits per heavy atom. The molecule has 0 aromatic heterocycles. The molecule has 0 saturated heterocycles. The Morgan fingerprint density at radius 3 is 2.68 bits per heavy atom. The number of thiocarbonyl (C=S) groups is 1. The number of hydrogen-bond acceptors (Lipinski definition) is 3. The van der Waals surface area contributed by atoms with Crippen LogP contribution in [0, 0.1) is 0 Å². The van der Waals surface area contributed by atoms with Crippen molar-refractivity contribution < 1.29 is 8.42 Å². The van der Waals surface area contributed by atoms with Crippen molar-refractivity contribution in [3.63, 3.8) is 0 Å². The minimum atomic E-state index is -3.28. The van der Waals surface area contributed by atoms with Crippen LogP contribution in [-0.4, -0.2) is 31.3 Å². The summed E-state index contributed by atoms with van der Waals surface area (Å²) < 4.78 is 25.7. The first kappa shape index (κ1) is 16.1. The molecule has 2 N–H and O–H groups in total. The first-order chi connectivity index (χ1) is 8.86. The lowest BCUT2D eigenvalue weighted by atomic mass is 10.1. The fraction of sp³-hybridized carbons (Fsp3) is 0.462. The van der Waals surface area contributed by atoms with Crippen LogP contribution in [0.1, 0.15) is 30.9 Å². The average molecular weight is 300 g/mol. The first-order valence-electron chi connectivity index (χ1n) is 6.19. The van der Waals surface area contributed by atoms with Crippen molar-refractivity contribution in [1.82, 2.24) is 4.31 Å². The maximum atomic E-state index is 12.1. The fourth-order valence-electron chi connectivity index (χ4n) is 1.66. The molecule has 0 aliphatic heterocycles. The van der Waals surface area contributed by atoms with Crippen LogP contribution in [0.15, 0.2) is 24.3 Å². The minimum Gasteiger partial charge on any atom is -0.389 e. The van der Waals surface area contributed by atoms with E-state index in [2.05, 4.69) is 0 Å². The van der Waals surface area contributed by atoms with Crippen LogP contribution in [0.5, 0.6) is 0 Å². The highest BCUT2D eigenvalue weighted by Crippen LogP contribution is 2.12. The van der Waals surface area contributed by atoms with Gasteiger partial charge in [-0.3, -0.25) is 0 Å². The van der Waals surface area contributed by atoms with Crippen LogP contribution in [0.3, 0.4) is 0 Å². The largest absolute Gasteiger partial charge is 0.389 e. The fourth-order valence-corrected chi connectivity index (χ4v) is 3.01. The molecule has 4 nitrogen and oxygen atoms in total. The molecular weight excluding hydrogens is 280 g/mol. The summed E-state index contributed by atoms with van der Waals surface area (Å²) in [5.74, 6) is -0.0241. The van der Waals surface area contributed by atoms with E-state index < -0.39 is 10.0 Å². The van der Waals surface area contributed by atoms with Crippen molar-refractivity contribution >= 4 is 27.2 Å². The number of nitrogens with zero attached hydrogens (tertiary/aromatic N) is 1. The molecule has 1 aromatic carbocycles. The van der Waals surface area contributed by atoms with Gasteiger partial charge >= 0.3 is 0 Å². The second-order valence-corrected chi connectivity index (χ2v) is 7.01. The molecule has 1 rings (SSSR count). The lowest BCUT2D eigenvalue weighted by Gasteiger charge is -2.17. The van der Waals surface area contributed by atoms with E-state index in [1.807, 2.05) is 6.92 Å². The summed E-state index contributed by atoms with van der Waals surface area (Å²) in [5, 5.41) is 0. The summed E-state index contributed by atoms with van der Waals surface area (Å²) in [4.78, 5) is 0.276. The molecule has 0 bridgehead atoms. The highest BCUT2D eigenvalue weighted by molar-refractivity contribution is 7.88. The van der Waals surface area contributed by atoms with E-state index in [-0.39, 0.29) is 10.7 Å². The molecule has 1 aromatic rings. The van der Waals surface area contributed by atoms with E-state index in [1.54, 1.807) is 31.3 Å². The second-order valence-electron chi connectivity index (χ2n) is 4.50. The van der Waals surface area contributed by atoms with E-state index in [9.17, 15) is 8.42 Å². The van der Waals surface area contributed by atoms with Crippen LogP contribution in [0.25, 0.3) is 0 Å². The number of sulfonamides is 1. The Balaban J connectivity index is 2.83. The normalized spacial score (nSPS) is 11.7. The Kier molecular flexibility index (Phi) is 5.90. The molecule has 0 heterocycles. The summed E-state index contributed by atoms with van der Waals surface area (Å²) in [7, 11) is -1.67. The molecule has 0 unspecified atom stereocenters. The number of benzene rings is 1. The smallest absolute Gasteiger partial charge is 0.218 e. The van der Waals surface area contributed by atoms with Crippen molar-refractivity contribution in [1.29, 1.82) is 0 Å². The summed E-state index contributed by atoms with van der Waals surface area (Å²) in [6.45, 7) is 2.58. The molecule has 0 fully saturated rings. The topological polar surface area (TPSA) is 63.4 Å². The van der Waals surface area contributed by atoms with Gasteiger partial charge in [-0.15, -0.1) is 0 Å². The van der Waals surface area contributed by atoms with Gasteiger partial charge in [0.2, 0.25) is 10.0 Å². The molecule has 19 heavy (non-hydrogen) atoms. The summed E-state index contributed by atoms with van der Waals surface area (Å²) in [6.07, 6.45) is 1.83. The van der Waals surface area contributed by atoms with Gasteiger partial charge in [-0.2, -0.15) is 0 Å². The molecule has 0 spiro atoms. The Morgan fingerprint density at radius 2 is 2.11 bits per heavy atom. The third-order valence-corrected chi connectivity index (χ3v) is 4.93. The maximum Gasteiger partial charge on any atom is 0.218 e. The number of unbranched alkanes of at least 4 members (excludes halogenated alkanes) is 1. The van der Waals surface area contributed by atoms with Gasteiger partial charge in [0.05, 0.1) is 5.75 Å². The summed E-state index contributed by atoms with van der Waals surface area (Å²) >= 11 is 4.89. The lowest BCUT2D eigenvalue weighted by Crippen LogP contribution is -2.29. The van der Waals surface area contributed by atoms with Gasteiger partial charge < -0.3 is 5.73 Å². The van der Waals surface area contributed by atoms with Gasteiger partial charge in [-0.1, -0.05) is 43.8 Å². The molecule has 0 aliphatic carbocycles. The van der Waals surface area contributed by atoms with E-state index in [0.717, 1.165) is 12.8 Å². The Hall–Kier alpha value is -0.980. The van der Waals surface area contributed by atoms with Gasteiger partial charge in [0.25, 0.3) is 0 Å². The summed E-state index contributed by atoms with van der Waals surface area (Å²) in [6, 6.07) is 7.05. The molecule has 0 saturated carbocycles. The maximum absolute atomic E-state index is 12.1. The quantitative estimate of drug-likeness (QED) is 0.781. The van der Waals surface area contributed by atoms with Crippen molar-refractivity contribution in [2.24, 2.45) is 5.73 Å². The van der Waals surface area contributed by atoms with Crippen molar-refractivity contribution in [3.8, 4) is 0 Å². The number of rotatable bonds is 7. The first-order valence-corrected chi connectivity index (χ1v) is 8.21. The molecular formula is C13H20N2O2S2. The zero-order chi connectivity index (χ0) is 14.5. The van der Waals surface area contributed by atoms with Crippen LogP contribution >= 0.6 is 12.2 Å². The van der Waals surface area contributed by atoms with Crippen LogP contribution < -0.4 is 5.73 Å². The van der Waals surface area contributed by atoms with Gasteiger partial charge in [0.1, 0.15) is 4.99 Å². The van der Waals surface area contributed by atoms with Crippen molar-refractivity contribution in [3.05, 3.63) is 35.4 Å². The van der Waals surface area contributed by atoms with E-state index in [1.165, 1.54) is 4.31 Å². The highest BCUT2D eigenvalue weighted by atomic mass is 32.2. The second kappa shape index (κ2) is 6.98. The van der Waals surface area contributed by atoms with Crippen molar-refractivity contribution in [2.75, 3.05) is 13.6 Å². The van der Waals surface area contributed by atoms with Gasteiger partial charge in [0, 0.05) is 19.2 Å². The molecule has 0 atom stereocenters.